The summed E-state index contributed by atoms with van der Waals surface area (Å²) in [5.74, 6) is 2.30. The molecule has 2 rings (SSSR count). The second-order valence-corrected chi connectivity index (χ2v) is 7.93. The molecule has 4 nitrogen and oxygen atoms in total. The van der Waals surface area contributed by atoms with Gasteiger partial charge in [-0.3, -0.25) is 4.99 Å². The first-order valence-electron chi connectivity index (χ1n) is 9.72. The van der Waals surface area contributed by atoms with Gasteiger partial charge in [-0.1, -0.05) is 38.1 Å². The van der Waals surface area contributed by atoms with E-state index in [-0.39, 0.29) is 6.04 Å². The van der Waals surface area contributed by atoms with Gasteiger partial charge in [0.2, 0.25) is 0 Å². The molecule has 1 aliphatic rings. The Kier molecular flexibility index (Phi) is 7.76. The molecule has 0 saturated carbocycles. The molecule has 0 radical (unpaired) electrons. The fourth-order valence-electron chi connectivity index (χ4n) is 3.58. The highest BCUT2D eigenvalue weighted by atomic mass is 15.2. The SMILES string of the molecule is CN=C(NCC1CCCN(C)C1)NC(C)c1ccc(CC(C)C)cc1. The number of rotatable bonds is 6. The standard InChI is InChI=1S/C21H36N4/c1-16(2)13-18-8-10-20(11-9-18)17(3)24-21(22-4)23-14-19-7-6-12-25(5)15-19/h8-11,16-17,19H,6-7,12-15H2,1-5H3,(H2,22,23,24). The smallest absolute Gasteiger partial charge is 0.191 e. The number of guanidine groups is 1. The van der Waals surface area contributed by atoms with Crippen molar-refractivity contribution < 1.29 is 0 Å². The van der Waals surface area contributed by atoms with Gasteiger partial charge in [-0.2, -0.15) is 0 Å². The van der Waals surface area contributed by atoms with Crippen LogP contribution in [-0.4, -0.2) is 44.6 Å². The predicted octanol–water partition coefficient (Wildman–Crippen LogP) is 3.45. The van der Waals surface area contributed by atoms with Crippen LogP contribution in [0.15, 0.2) is 29.3 Å². The molecular formula is C21H36N4. The van der Waals surface area contributed by atoms with Crippen LogP contribution in [0.1, 0.15) is 50.8 Å². The number of piperidine rings is 1. The van der Waals surface area contributed by atoms with Gasteiger partial charge in [0.05, 0.1) is 6.04 Å². The van der Waals surface area contributed by atoms with E-state index in [0.29, 0.717) is 11.8 Å². The lowest BCUT2D eigenvalue weighted by molar-refractivity contribution is 0.210. The minimum absolute atomic E-state index is 0.244. The van der Waals surface area contributed by atoms with Crippen molar-refractivity contribution in [3.05, 3.63) is 35.4 Å². The molecular weight excluding hydrogens is 308 g/mol. The molecule has 1 fully saturated rings. The second kappa shape index (κ2) is 9.81. The van der Waals surface area contributed by atoms with Gasteiger partial charge in [0.25, 0.3) is 0 Å². The normalized spacial score (nSPS) is 20.6. The minimum Gasteiger partial charge on any atom is -0.356 e. The zero-order chi connectivity index (χ0) is 18.2. The Morgan fingerprint density at radius 2 is 1.96 bits per heavy atom. The van der Waals surface area contributed by atoms with Crippen LogP contribution in [0.5, 0.6) is 0 Å². The van der Waals surface area contributed by atoms with Crippen LogP contribution < -0.4 is 10.6 Å². The van der Waals surface area contributed by atoms with E-state index in [4.69, 9.17) is 0 Å². The molecule has 1 aromatic rings. The zero-order valence-electron chi connectivity index (χ0n) is 16.7. The van der Waals surface area contributed by atoms with Crippen molar-refractivity contribution in [1.29, 1.82) is 0 Å². The Morgan fingerprint density at radius 3 is 2.56 bits per heavy atom. The molecule has 1 heterocycles. The third-order valence-corrected chi connectivity index (χ3v) is 4.98. The quantitative estimate of drug-likeness (QED) is 0.613. The number of aliphatic imine (C=N–C) groups is 1. The Bertz CT molecular complexity index is 535. The van der Waals surface area contributed by atoms with Crippen molar-refractivity contribution in [3.8, 4) is 0 Å². The lowest BCUT2D eigenvalue weighted by Crippen LogP contribution is -2.44. The highest BCUT2D eigenvalue weighted by Gasteiger charge is 2.17. The number of hydrogen-bond donors (Lipinski definition) is 2. The molecule has 2 N–H and O–H groups in total. The van der Waals surface area contributed by atoms with Crippen molar-refractivity contribution in [2.45, 2.75) is 46.1 Å². The first-order valence-corrected chi connectivity index (χ1v) is 9.72. The molecule has 2 atom stereocenters. The van der Waals surface area contributed by atoms with E-state index in [1.54, 1.807) is 0 Å². The summed E-state index contributed by atoms with van der Waals surface area (Å²) < 4.78 is 0. The van der Waals surface area contributed by atoms with E-state index in [1.165, 1.54) is 37.1 Å². The van der Waals surface area contributed by atoms with Gasteiger partial charge in [-0.25, -0.2) is 0 Å². The lowest BCUT2D eigenvalue weighted by atomic mass is 9.98. The van der Waals surface area contributed by atoms with Crippen LogP contribution in [0.3, 0.4) is 0 Å². The summed E-state index contributed by atoms with van der Waals surface area (Å²) in [7, 11) is 4.06. The van der Waals surface area contributed by atoms with E-state index in [9.17, 15) is 0 Å². The van der Waals surface area contributed by atoms with Crippen LogP contribution in [0, 0.1) is 11.8 Å². The third-order valence-electron chi connectivity index (χ3n) is 4.98. The number of benzene rings is 1. The molecule has 4 heteroatoms. The summed E-state index contributed by atoms with van der Waals surface area (Å²) in [5.41, 5.74) is 2.71. The highest BCUT2D eigenvalue weighted by Crippen LogP contribution is 2.16. The second-order valence-electron chi connectivity index (χ2n) is 7.93. The summed E-state index contributed by atoms with van der Waals surface area (Å²) in [4.78, 5) is 6.82. The Morgan fingerprint density at radius 1 is 1.24 bits per heavy atom. The van der Waals surface area contributed by atoms with Crippen LogP contribution in [0.25, 0.3) is 0 Å². The summed E-state index contributed by atoms with van der Waals surface area (Å²) in [5, 5.41) is 7.03. The number of nitrogens with zero attached hydrogens (tertiary/aromatic N) is 2. The van der Waals surface area contributed by atoms with Gasteiger partial charge in [0.15, 0.2) is 5.96 Å². The molecule has 2 unspecified atom stereocenters. The molecule has 0 aromatic heterocycles. The lowest BCUT2D eigenvalue weighted by Gasteiger charge is -2.30. The Balaban J connectivity index is 1.83. The van der Waals surface area contributed by atoms with Crippen molar-refractivity contribution in [3.63, 3.8) is 0 Å². The highest BCUT2D eigenvalue weighted by molar-refractivity contribution is 5.80. The molecule has 1 aromatic carbocycles. The molecule has 140 valence electrons. The van der Waals surface area contributed by atoms with Gasteiger partial charge in [-0.05, 0) is 62.7 Å². The molecule has 0 bridgehead atoms. The summed E-state index contributed by atoms with van der Waals surface area (Å²) in [6.45, 7) is 10.1. The summed E-state index contributed by atoms with van der Waals surface area (Å²) in [6, 6.07) is 9.22. The molecule has 0 spiro atoms. The van der Waals surface area contributed by atoms with E-state index >= 15 is 0 Å². The van der Waals surface area contributed by atoms with Crippen LogP contribution in [-0.2, 0) is 6.42 Å². The monoisotopic (exact) mass is 344 g/mol. The van der Waals surface area contributed by atoms with Gasteiger partial charge in [0.1, 0.15) is 0 Å². The molecule has 0 aliphatic carbocycles. The van der Waals surface area contributed by atoms with Crippen LogP contribution in [0.4, 0.5) is 0 Å². The van der Waals surface area contributed by atoms with E-state index in [0.717, 1.165) is 18.9 Å². The van der Waals surface area contributed by atoms with Crippen molar-refractivity contribution in [1.82, 2.24) is 15.5 Å². The number of hydrogen-bond acceptors (Lipinski definition) is 2. The molecule has 1 aliphatic heterocycles. The first-order chi connectivity index (χ1) is 12.0. The first kappa shape index (κ1) is 19.8. The van der Waals surface area contributed by atoms with Crippen molar-refractivity contribution >= 4 is 5.96 Å². The van der Waals surface area contributed by atoms with Crippen molar-refractivity contribution in [2.24, 2.45) is 16.8 Å². The van der Waals surface area contributed by atoms with Crippen molar-refractivity contribution in [2.75, 3.05) is 33.7 Å². The average Bonchev–Trinajstić information content (AvgIpc) is 2.58. The summed E-state index contributed by atoms with van der Waals surface area (Å²) in [6.07, 6.45) is 3.75. The van der Waals surface area contributed by atoms with Gasteiger partial charge >= 0.3 is 0 Å². The maximum Gasteiger partial charge on any atom is 0.191 e. The summed E-state index contributed by atoms with van der Waals surface area (Å²) >= 11 is 0. The fraction of sp³-hybridized carbons (Fsp3) is 0.667. The van der Waals surface area contributed by atoms with E-state index in [2.05, 4.69) is 72.6 Å². The van der Waals surface area contributed by atoms with E-state index in [1.807, 2.05) is 7.05 Å². The maximum absolute atomic E-state index is 4.39. The van der Waals surface area contributed by atoms with Gasteiger partial charge in [0, 0.05) is 20.1 Å². The fourth-order valence-corrected chi connectivity index (χ4v) is 3.58. The maximum atomic E-state index is 4.39. The third kappa shape index (κ3) is 6.69. The zero-order valence-corrected chi connectivity index (χ0v) is 16.7. The molecule has 0 amide bonds. The van der Waals surface area contributed by atoms with Gasteiger partial charge < -0.3 is 15.5 Å². The Labute approximate surface area is 154 Å². The van der Waals surface area contributed by atoms with Crippen LogP contribution in [0.2, 0.25) is 0 Å². The van der Waals surface area contributed by atoms with E-state index < -0.39 is 0 Å². The average molecular weight is 345 g/mol. The molecule has 25 heavy (non-hydrogen) atoms. The molecule has 1 saturated heterocycles. The van der Waals surface area contributed by atoms with Crippen LogP contribution >= 0.6 is 0 Å². The van der Waals surface area contributed by atoms with Gasteiger partial charge in [-0.15, -0.1) is 0 Å². The predicted molar refractivity (Wildman–Crippen MR) is 108 cm³/mol. The Hall–Kier alpha value is -1.55. The number of nitrogens with one attached hydrogen (secondary N) is 2. The minimum atomic E-state index is 0.244. The number of likely N-dealkylation sites (tertiary alicyclic amines) is 1. The topological polar surface area (TPSA) is 39.7 Å². The largest absolute Gasteiger partial charge is 0.356 e.